The Hall–Kier alpha value is -1.37. The van der Waals surface area contributed by atoms with Crippen LogP contribution < -0.4 is 4.90 Å². The molecule has 8 heteroatoms. The molecule has 2 aliphatic heterocycles. The van der Waals surface area contributed by atoms with Gasteiger partial charge in [0, 0.05) is 25.6 Å². The molecule has 0 unspecified atom stereocenters. The fourth-order valence-electron chi connectivity index (χ4n) is 3.40. The van der Waals surface area contributed by atoms with Crippen molar-refractivity contribution >= 4 is 34.9 Å². The molecule has 1 amide bonds. The van der Waals surface area contributed by atoms with Crippen molar-refractivity contribution in [2.75, 3.05) is 24.6 Å². The van der Waals surface area contributed by atoms with Gasteiger partial charge in [0.05, 0.1) is 12.6 Å². The molecule has 1 aromatic rings. The van der Waals surface area contributed by atoms with Gasteiger partial charge in [-0.3, -0.25) is 4.79 Å². The maximum atomic E-state index is 12.9. The van der Waals surface area contributed by atoms with Crippen molar-refractivity contribution in [3.63, 3.8) is 0 Å². The molecule has 0 radical (unpaired) electrons. The van der Waals surface area contributed by atoms with E-state index in [1.165, 1.54) is 0 Å². The van der Waals surface area contributed by atoms with E-state index in [-0.39, 0.29) is 29.0 Å². The van der Waals surface area contributed by atoms with Crippen molar-refractivity contribution < 1.29 is 9.90 Å². The summed E-state index contributed by atoms with van der Waals surface area (Å²) in [6.07, 6.45) is 1.38. The monoisotopic (exact) mass is 356 g/mol. The minimum absolute atomic E-state index is 0.0190. The van der Waals surface area contributed by atoms with Crippen LogP contribution in [0.4, 0.5) is 5.82 Å². The van der Waals surface area contributed by atoms with Crippen LogP contribution in [0.15, 0.2) is 18.2 Å². The SMILES string of the molecule is C=C(CC)CN1C(=O)[C@]2(CO)C[C@H]1CN2c1cc(Cl)nc(Cl)n1. The molecular formula is C15H18Cl2N4O2. The number of fused-ring (bicyclic) bond motifs is 2. The summed E-state index contributed by atoms with van der Waals surface area (Å²) < 4.78 is 0. The van der Waals surface area contributed by atoms with Crippen molar-refractivity contribution in [2.45, 2.75) is 31.3 Å². The lowest BCUT2D eigenvalue weighted by Gasteiger charge is -2.41. The summed E-state index contributed by atoms with van der Waals surface area (Å²) in [4.78, 5) is 24.5. The van der Waals surface area contributed by atoms with Gasteiger partial charge in [-0.1, -0.05) is 30.7 Å². The Balaban J connectivity index is 1.93. The first-order valence-electron chi connectivity index (χ1n) is 7.47. The maximum absolute atomic E-state index is 12.9. The van der Waals surface area contributed by atoms with Crippen LogP contribution in [0.3, 0.4) is 0 Å². The van der Waals surface area contributed by atoms with Gasteiger partial charge in [-0.25, -0.2) is 9.97 Å². The van der Waals surface area contributed by atoms with Crippen LogP contribution >= 0.6 is 23.2 Å². The highest BCUT2D eigenvalue weighted by Gasteiger charge is 2.61. The van der Waals surface area contributed by atoms with Crippen LogP contribution in [0, 0.1) is 0 Å². The number of rotatable bonds is 5. The predicted molar refractivity (Wildman–Crippen MR) is 88.8 cm³/mol. The smallest absolute Gasteiger partial charge is 0.251 e. The van der Waals surface area contributed by atoms with Gasteiger partial charge in [-0.2, -0.15) is 0 Å². The van der Waals surface area contributed by atoms with Gasteiger partial charge in [0.15, 0.2) is 0 Å². The third kappa shape index (κ3) is 2.58. The Bertz CT molecular complexity index is 649. The number of hydrogen-bond donors (Lipinski definition) is 1. The van der Waals surface area contributed by atoms with E-state index in [1.807, 2.05) is 11.8 Å². The Morgan fingerprint density at radius 1 is 1.52 bits per heavy atom. The highest BCUT2D eigenvalue weighted by atomic mass is 35.5. The first-order chi connectivity index (χ1) is 10.9. The number of anilines is 1. The molecule has 2 atom stereocenters. The van der Waals surface area contributed by atoms with E-state index in [0.717, 1.165) is 12.0 Å². The van der Waals surface area contributed by atoms with E-state index >= 15 is 0 Å². The van der Waals surface area contributed by atoms with Crippen molar-refractivity contribution in [2.24, 2.45) is 0 Å². The lowest BCUT2D eigenvalue weighted by atomic mass is 9.99. The largest absolute Gasteiger partial charge is 0.393 e. The zero-order valence-electron chi connectivity index (χ0n) is 12.8. The molecule has 2 aliphatic rings. The van der Waals surface area contributed by atoms with Gasteiger partial charge in [-0.15, -0.1) is 0 Å². The quantitative estimate of drug-likeness (QED) is 0.495. The Kier molecular flexibility index (Phi) is 4.25. The highest BCUT2D eigenvalue weighted by molar-refractivity contribution is 6.32. The number of aromatic nitrogens is 2. The molecule has 0 aromatic carbocycles. The zero-order valence-corrected chi connectivity index (χ0v) is 14.3. The number of aliphatic hydroxyl groups is 1. The van der Waals surface area contributed by atoms with Gasteiger partial charge >= 0.3 is 0 Å². The predicted octanol–water partition coefficient (Wildman–Crippen LogP) is 1.90. The Morgan fingerprint density at radius 2 is 2.26 bits per heavy atom. The standard InChI is InChI=1S/C15H18Cl2N4O2/c1-3-9(2)6-20-10-5-15(8-22,13(20)23)21(7-10)12-4-11(16)18-14(17)19-12/h4,10,22H,2-3,5-8H2,1H3/t10-,15+/m0/s1. The number of likely N-dealkylation sites (tertiary alicyclic amines) is 1. The van der Waals surface area contributed by atoms with Crippen molar-refractivity contribution in [3.8, 4) is 0 Å². The molecule has 3 heterocycles. The van der Waals surface area contributed by atoms with Gasteiger partial charge in [0.25, 0.3) is 5.91 Å². The number of carbonyl (C=O) groups excluding carboxylic acids is 1. The van der Waals surface area contributed by atoms with Crippen molar-refractivity contribution in [1.29, 1.82) is 0 Å². The van der Waals surface area contributed by atoms with Crippen molar-refractivity contribution in [3.05, 3.63) is 28.7 Å². The van der Waals surface area contributed by atoms with Crippen LogP contribution in [-0.4, -0.2) is 57.2 Å². The molecule has 2 saturated heterocycles. The molecule has 0 aliphatic carbocycles. The summed E-state index contributed by atoms with van der Waals surface area (Å²) in [6.45, 7) is 6.82. The first-order valence-corrected chi connectivity index (χ1v) is 8.23. The number of nitrogens with zero attached hydrogens (tertiary/aromatic N) is 4. The number of aliphatic hydroxyl groups excluding tert-OH is 1. The summed E-state index contributed by atoms with van der Waals surface area (Å²) in [6, 6.07) is 1.58. The van der Waals surface area contributed by atoms with E-state index in [9.17, 15) is 9.90 Å². The Labute approximate surface area is 144 Å². The minimum Gasteiger partial charge on any atom is -0.393 e. The second kappa shape index (κ2) is 5.92. The van der Waals surface area contributed by atoms with E-state index in [1.54, 1.807) is 11.0 Å². The van der Waals surface area contributed by atoms with Gasteiger partial charge < -0.3 is 14.9 Å². The van der Waals surface area contributed by atoms with Crippen LogP contribution in [-0.2, 0) is 4.79 Å². The van der Waals surface area contributed by atoms with Crippen molar-refractivity contribution in [1.82, 2.24) is 14.9 Å². The number of hydrogen-bond acceptors (Lipinski definition) is 5. The first kappa shape index (κ1) is 16.5. The topological polar surface area (TPSA) is 69.6 Å². The fraction of sp³-hybridized carbons (Fsp3) is 0.533. The molecule has 124 valence electrons. The summed E-state index contributed by atoms with van der Waals surface area (Å²) in [7, 11) is 0. The minimum atomic E-state index is -1.00. The molecule has 1 aromatic heterocycles. The number of carbonyl (C=O) groups is 1. The van der Waals surface area contributed by atoms with Crippen LogP contribution in [0.1, 0.15) is 19.8 Å². The summed E-state index contributed by atoms with van der Waals surface area (Å²) in [5, 5.41) is 10.2. The third-order valence-electron chi connectivity index (χ3n) is 4.67. The van der Waals surface area contributed by atoms with Gasteiger partial charge in [0.1, 0.15) is 16.5 Å². The maximum Gasteiger partial charge on any atom is 0.251 e. The number of halogens is 2. The van der Waals surface area contributed by atoms with Crippen LogP contribution in [0.2, 0.25) is 10.4 Å². The third-order valence-corrected chi connectivity index (χ3v) is 5.03. The second-order valence-corrected chi connectivity index (χ2v) is 6.74. The van der Waals surface area contributed by atoms with E-state index in [2.05, 4.69) is 16.5 Å². The van der Waals surface area contributed by atoms with Gasteiger partial charge in [-0.05, 0) is 18.0 Å². The molecule has 3 rings (SSSR count). The highest BCUT2D eigenvalue weighted by Crippen LogP contribution is 2.43. The average Bonchev–Trinajstić information content (AvgIpc) is 3.01. The summed E-state index contributed by atoms with van der Waals surface area (Å²) >= 11 is 11.8. The van der Waals surface area contributed by atoms with Gasteiger partial charge in [0.2, 0.25) is 5.28 Å². The lowest BCUT2D eigenvalue weighted by Crippen LogP contribution is -2.60. The van der Waals surface area contributed by atoms with Crippen LogP contribution in [0.5, 0.6) is 0 Å². The van der Waals surface area contributed by atoms with E-state index < -0.39 is 5.54 Å². The number of piperazine rings is 1. The molecular weight excluding hydrogens is 339 g/mol. The van der Waals surface area contributed by atoms with E-state index in [4.69, 9.17) is 23.2 Å². The normalized spacial score (nSPS) is 26.3. The molecule has 0 saturated carbocycles. The molecule has 2 bridgehead atoms. The molecule has 2 fully saturated rings. The number of amides is 1. The second-order valence-electron chi connectivity index (χ2n) is 6.01. The zero-order chi connectivity index (χ0) is 16.8. The average molecular weight is 357 g/mol. The van der Waals surface area contributed by atoms with E-state index in [0.29, 0.717) is 25.3 Å². The Morgan fingerprint density at radius 3 is 2.87 bits per heavy atom. The molecule has 1 N–H and O–H groups in total. The summed E-state index contributed by atoms with van der Waals surface area (Å²) in [5.41, 5.74) is -0.00153. The summed E-state index contributed by atoms with van der Waals surface area (Å²) in [5.74, 6) is 0.366. The molecule has 6 nitrogen and oxygen atoms in total. The molecule has 0 spiro atoms. The lowest BCUT2D eigenvalue weighted by molar-refractivity contribution is -0.135. The molecule has 23 heavy (non-hydrogen) atoms. The van der Waals surface area contributed by atoms with Crippen LogP contribution in [0.25, 0.3) is 0 Å². The fourth-order valence-corrected chi connectivity index (χ4v) is 3.79.